The molecule has 0 heterocycles. The van der Waals surface area contributed by atoms with Gasteiger partial charge in [0.15, 0.2) is 0 Å². The summed E-state index contributed by atoms with van der Waals surface area (Å²) < 4.78 is 25.8. The molecule has 3 atom stereocenters. The van der Waals surface area contributed by atoms with E-state index in [4.69, 9.17) is 0 Å². The van der Waals surface area contributed by atoms with E-state index >= 15 is 0 Å². The van der Waals surface area contributed by atoms with Gasteiger partial charge in [0.2, 0.25) is 21.8 Å². The monoisotopic (exact) mass is 484 g/mol. The van der Waals surface area contributed by atoms with E-state index in [1.54, 1.807) is 7.05 Å². The second kappa shape index (κ2) is 13.6. The number of nitrogens with one attached hydrogen (secondary N) is 3. The second-order valence-electron chi connectivity index (χ2n) is 9.17. The highest BCUT2D eigenvalue weighted by Gasteiger charge is 2.31. The van der Waals surface area contributed by atoms with Crippen LogP contribution in [0.4, 0.5) is 0 Å². The van der Waals surface area contributed by atoms with E-state index in [0.29, 0.717) is 6.42 Å². The van der Waals surface area contributed by atoms with Crippen LogP contribution in [0.1, 0.15) is 33.3 Å². The topological polar surface area (TPSA) is 128 Å². The molecule has 4 N–H and O–H groups in total. The molecule has 0 saturated heterocycles. The lowest BCUT2D eigenvalue weighted by molar-refractivity contribution is -0.130. The van der Waals surface area contributed by atoms with Gasteiger partial charge in [-0.15, -0.1) is 0 Å². The number of carbonyl (C=O) groups excluding carboxylic acids is 2. The zero-order valence-electron chi connectivity index (χ0n) is 20.5. The number of rotatable bonds is 14. The lowest BCUT2D eigenvalue weighted by Crippen LogP contribution is -2.57. The summed E-state index contributed by atoms with van der Waals surface area (Å²) in [5.74, 6) is -0.855. The molecule has 0 saturated carbocycles. The van der Waals surface area contributed by atoms with Crippen molar-refractivity contribution in [3.05, 3.63) is 35.9 Å². The van der Waals surface area contributed by atoms with Gasteiger partial charge < -0.3 is 21.1 Å². The predicted molar refractivity (Wildman–Crippen MR) is 130 cm³/mol. The van der Waals surface area contributed by atoms with Crippen LogP contribution in [0.3, 0.4) is 0 Å². The maximum absolute atomic E-state index is 13.1. The third kappa shape index (κ3) is 10.6. The van der Waals surface area contributed by atoms with Crippen molar-refractivity contribution >= 4 is 21.8 Å². The zero-order valence-corrected chi connectivity index (χ0v) is 21.4. The molecule has 0 aliphatic rings. The highest BCUT2D eigenvalue weighted by molar-refractivity contribution is 7.88. The van der Waals surface area contributed by atoms with Crippen LogP contribution in [0.2, 0.25) is 0 Å². The fraction of sp³-hybridized carbons (Fsp3) is 0.652. The fourth-order valence-electron chi connectivity index (χ4n) is 3.43. The lowest BCUT2D eigenvalue weighted by Gasteiger charge is -2.31. The number of nitrogens with zero attached hydrogens (tertiary/aromatic N) is 1. The number of hydrogen-bond acceptors (Lipinski definition) is 6. The average molecular weight is 485 g/mol. The fourth-order valence-corrected chi connectivity index (χ4v) is 4.42. The lowest BCUT2D eigenvalue weighted by atomic mass is 9.98. The first-order valence-electron chi connectivity index (χ1n) is 11.3. The van der Waals surface area contributed by atoms with Crippen molar-refractivity contribution in [3.63, 3.8) is 0 Å². The average Bonchev–Trinajstić information content (AvgIpc) is 2.70. The number of aliphatic hydroxyl groups excluding tert-OH is 1. The van der Waals surface area contributed by atoms with Crippen molar-refractivity contribution in [1.82, 2.24) is 20.3 Å². The van der Waals surface area contributed by atoms with Gasteiger partial charge in [-0.1, -0.05) is 58.0 Å². The number of sulfonamides is 1. The van der Waals surface area contributed by atoms with E-state index in [0.717, 1.165) is 11.8 Å². The summed E-state index contributed by atoms with van der Waals surface area (Å²) in [5.41, 5.74) is 0.886. The highest BCUT2D eigenvalue weighted by Crippen LogP contribution is 2.12. The molecule has 0 aromatic heterocycles. The molecule has 0 aliphatic heterocycles. The molecule has 188 valence electrons. The van der Waals surface area contributed by atoms with E-state index in [-0.39, 0.29) is 37.4 Å². The van der Waals surface area contributed by atoms with Crippen LogP contribution in [0, 0.1) is 11.8 Å². The number of hydrogen-bond donors (Lipinski definition) is 4. The molecule has 0 radical (unpaired) electrons. The summed E-state index contributed by atoms with van der Waals surface area (Å²) >= 11 is 0. The van der Waals surface area contributed by atoms with Gasteiger partial charge in [-0.2, -0.15) is 4.31 Å². The summed E-state index contributed by atoms with van der Waals surface area (Å²) in [6.45, 7) is 7.62. The normalized spacial score (nSPS) is 14.8. The van der Waals surface area contributed by atoms with Crippen LogP contribution in [-0.2, 0) is 26.0 Å². The maximum Gasteiger partial charge on any atom is 0.243 e. The third-order valence-corrected chi connectivity index (χ3v) is 6.36. The van der Waals surface area contributed by atoms with Crippen LogP contribution < -0.4 is 16.0 Å². The predicted octanol–water partition coefficient (Wildman–Crippen LogP) is 0.353. The molecule has 0 bridgehead atoms. The molecule has 0 fully saturated rings. The van der Waals surface area contributed by atoms with E-state index < -0.39 is 34.1 Å². The summed E-state index contributed by atoms with van der Waals surface area (Å²) in [6.07, 6.45) is 0.268. The number of likely N-dealkylation sites (N-methyl/N-ethyl adjacent to an activating group) is 1. The second-order valence-corrected chi connectivity index (χ2v) is 11.1. The Morgan fingerprint density at radius 1 is 1.03 bits per heavy atom. The summed E-state index contributed by atoms with van der Waals surface area (Å²) in [6, 6.07) is 7.80. The Kier molecular flexibility index (Phi) is 12.0. The molecule has 0 spiro atoms. The van der Waals surface area contributed by atoms with Gasteiger partial charge in [0.05, 0.1) is 24.9 Å². The van der Waals surface area contributed by atoms with E-state index in [1.165, 1.54) is 4.31 Å². The van der Waals surface area contributed by atoms with E-state index in [9.17, 15) is 23.1 Å². The molecule has 0 aliphatic carbocycles. The van der Waals surface area contributed by atoms with Crippen LogP contribution in [0.5, 0.6) is 0 Å². The molecule has 1 rings (SSSR count). The van der Waals surface area contributed by atoms with Crippen molar-refractivity contribution in [1.29, 1.82) is 0 Å². The Morgan fingerprint density at radius 3 is 2.12 bits per heavy atom. The Balaban J connectivity index is 3.12. The van der Waals surface area contributed by atoms with E-state index in [2.05, 4.69) is 16.0 Å². The molecule has 10 heteroatoms. The van der Waals surface area contributed by atoms with Crippen molar-refractivity contribution in [2.75, 3.05) is 32.9 Å². The van der Waals surface area contributed by atoms with Crippen molar-refractivity contribution in [2.45, 2.75) is 52.3 Å². The first-order chi connectivity index (χ1) is 15.3. The highest BCUT2D eigenvalue weighted by atomic mass is 32.2. The van der Waals surface area contributed by atoms with Crippen molar-refractivity contribution < 1.29 is 23.1 Å². The minimum absolute atomic E-state index is 0.0711. The molecule has 9 nitrogen and oxygen atoms in total. The Morgan fingerprint density at radius 2 is 1.64 bits per heavy atom. The van der Waals surface area contributed by atoms with Crippen molar-refractivity contribution in [3.8, 4) is 0 Å². The van der Waals surface area contributed by atoms with Crippen LogP contribution in [0.25, 0.3) is 0 Å². The van der Waals surface area contributed by atoms with Crippen LogP contribution in [0.15, 0.2) is 30.3 Å². The van der Waals surface area contributed by atoms with Gasteiger partial charge in [-0.05, 0) is 30.9 Å². The number of benzene rings is 1. The van der Waals surface area contributed by atoms with Crippen LogP contribution >= 0.6 is 0 Å². The number of amides is 2. The van der Waals surface area contributed by atoms with Gasteiger partial charge in [-0.25, -0.2) is 8.42 Å². The Bertz CT molecular complexity index is 846. The van der Waals surface area contributed by atoms with Gasteiger partial charge in [0.25, 0.3) is 0 Å². The minimum Gasteiger partial charge on any atom is -0.390 e. The standard InChI is InChI=1S/C23H40N4O5S/c1-16(2)14-27(33(6,31)32)15-20(28)19(12-18-10-8-7-9-11-18)25-23(30)22(17(3)4)26-21(29)13-24-5/h7-11,16-17,19-20,22,24,28H,12-15H2,1-6H3,(H,25,30)(H,26,29)/t19-,20+,22-/m0/s1. The Labute approximate surface area is 198 Å². The molecule has 0 unspecified atom stereocenters. The van der Waals surface area contributed by atoms with Gasteiger partial charge in [0.1, 0.15) is 6.04 Å². The van der Waals surface area contributed by atoms with Crippen molar-refractivity contribution in [2.24, 2.45) is 11.8 Å². The molecular formula is C23H40N4O5S. The van der Waals surface area contributed by atoms with E-state index in [1.807, 2.05) is 58.0 Å². The first kappa shape index (κ1) is 29.0. The quantitative estimate of drug-likeness (QED) is 0.302. The molecule has 1 aromatic rings. The SMILES string of the molecule is CNCC(=O)N[C@H](C(=O)N[C@@H](Cc1ccccc1)[C@H](O)CN(CC(C)C)S(C)(=O)=O)C(C)C. The Hall–Kier alpha value is -2.01. The van der Waals surface area contributed by atoms with Gasteiger partial charge in [0, 0.05) is 13.1 Å². The molecule has 2 amide bonds. The third-order valence-electron chi connectivity index (χ3n) is 5.12. The summed E-state index contributed by atoms with van der Waals surface area (Å²) in [7, 11) is -1.91. The number of carbonyl (C=O) groups is 2. The van der Waals surface area contributed by atoms with Gasteiger partial charge in [-0.3, -0.25) is 9.59 Å². The summed E-state index contributed by atoms with van der Waals surface area (Å²) in [5, 5.41) is 19.4. The molecule has 33 heavy (non-hydrogen) atoms. The number of aliphatic hydroxyl groups is 1. The van der Waals surface area contributed by atoms with Gasteiger partial charge >= 0.3 is 0 Å². The first-order valence-corrected chi connectivity index (χ1v) is 13.1. The largest absolute Gasteiger partial charge is 0.390 e. The maximum atomic E-state index is 13.1. The summed E-state index contributed by atoms with van der Waals surface area (Å²) in [4.78, 5) is 25.2. The zero-order chi connectivity index (χ0) is 25.2. The molecular weight excluding hydrogens is 444 g/mol. The minimum atomic E-state index is -3.55. The molecule has 1 aromatic carbocycles. The smallest absolute Gasteiger partial charge is 0.243 e. The van der Waals surface area contributed by atoms with Crippen LogP contribution in [-0.4, -0.2) is 80.8 Å².